The molecule has 0 radical (unpaired) electrons. The highest BCUT2D eigenvalue weighted by Gasteiger charge is 2.47. The third kappa shape index (κ3) is 2.51. The fraction of sp³-hybridized carbons (Fsp3) is 0.462. The standard InChI is InChI=1S/C13H17N3O3/c1-5-19-12(17)13(18,10(4)8-14)11-15-6-7-16(11)9(2)3/h6-7,9,18H,4-5H2,1-3H3. The van der Waals surface area contributed by atoms with Gasteiger partial charge in [0.15, 0.2) is 5.82 Å². The van der Waals surface area contributed by atoms with E-state index in [1.165, 1.54) is 6.20 Å². The summed E-state index contributed by atoms with van der Waals surface area (Å²) in [6.07, 6.45) is 3.07. The van der Waals surface area contributed by atoms with Crippen LogP contribution in [0.15, 0.2) is 24.5 Å². The van der Waals surface area contributed by atoms with Gasteiger partial charge in [-0.05, 0) is 20.8 Å². The van der Waals surface area contributed by atoms with E-state index in [9.17, 15) is 9.90 Å². The number of nitrogens with zero attached hydrogens (tertiary/aromatic N) is 3. The van der Waals surface area contributed by atoms with Crippen molar-refractivity contribution < 1.29 is 14.6 Å². The third-order valence-corrected chi connectivity index (χ3v) is 2.69. The molecule has 0 aliphatic rings. The van der Waals surface area contributed by atoms with Crippen LogP contribution in [0.4, 0.5) is 0 Å². The normalized spacial score (nSPS) is 13.7. The zero-order chi connectivity index (χ0) is 14.6. The summed E-state index contributed by atoms with van der Waals surface area (Å²) >= 11 is 0. The summed E-state index contributed by atoms with van der Waals surface area (Å²) in [5.41, 5.74) is -2.57. The molecule has 6 heteroatoms. The van der Waals surface area contributed by atoms with Crippen molar-refractivity contribution in [3.63, 3.8) is 0 Å². The van der Waals surface area contributed by atoms with Crippen LogP contribution in [-0.2, 0) is 15.1 Å². The van der Waals surface area contributed by atoms with E-state index in [0.29, 0.717) is 0 Å². The lowest BCUT2D eigenvalue weighted by atomic mass is 9.94. The van der Waals surface area contributed by atoms with Crippen molar-refractivity contribution in [3.05, 3.63) is 30.4 Å². The van der Waals surface area contributed by atoms with Gasteiger partial charge in [0.25, 0.3) is 5.60 Å². The van der Waals surface area contributed by atoms with Crippen molar-refractivity contribution in [2.24, 2.45) is 0 Å². The lowest BCUT2D eigenvalue weighted by Crippen LogP contribution is -2.41. The Kier molecular flexibility index (Phi) is 4.46. The number of nitriles is 1. The van der Waals surface area contributed by atoms with Crippen LogP contribution in [0.1, 0.15) is 32.6 Å². The molecule has 1 aromatic heterocycles. The highest BCUT2D eigenvalue weighted by atomic mass is 16.5. The number of aromatic nitrogens is 2. The average molecular weight is 263 g/mol. The predicted molar refractivity (Wildman–Crippen MR) is 67.9 cm³/mol. The minimum atomic E-state index is -2.25. The van der Waals surface area contributed by atoms with Crippen LogP contribution in [0.5, 0.6) is 0 Å². The van der Waals surface area contributed by atoms with Gasteiger partial charge in [-0.1, -0.05) is 6.58 Å². The smallest absolute Gasteiger partial charge is 0.351 e. The van der Waals surface area contributed by atoms with Crippen LogP contribution in [0.25, 0.3) is 0 Å². The van der Waals surface area contributed by atoms with Gasteiger partial charge in [0.1, 0.15) is 0 Å². The van der Waals surface area contributed by atoms with Gasteiger partial charge in [-0.3, -0.25) is 0 Å². The summed E-state index contributed by atoms with van der Waals surface area (Å²) in [7, 11) is 0. The summed E-state index contributed by atoms with van der Waals surface area (Å²) in [4.78, 5) is 16.0. The second kappa shape index (κ2) is 5.67. The Morgan fingerprint density at radius 1 is 1.74 bits per heavy atom. The van der Waals surface area contributed by atoms with Gasteiger partial charge in [-0.2, -0.15) is 5.26 Å². The highest BCUT2D eigenvalue weighted by molar-refractivity contribution is 5.85. The second-order valence-corrected chi connectivity index (χ2v) is 4.27. The van der Waals surface area contributed by atoms with E-state index in [4.69, 9.17) is 10.00 Å². The van der Waals surface area contributed by atoms with Crippen LogP contribution in [0.3, 0.4) is 0 Å². The molecule has 102 valence electrons. The lowest BCUT2D eigenvalue weighted by molar-refractivity contribution is -0.162. The third-order valence-electron chi connectivity index (χ3n) is 2.69. The Morgan fingerprint density at radius 3 is 2.84 bits per heavy atom. The number of hydrogen-bond donors (Lipinski definition) is 1. The summed E-state index contributed by atoms with van der Waals surface area (Å²) < 4.78 is 6.43. The van der Waals surface area contributed by atoms with Crippen LogP contribution < -0.4 is 0 Å². The first-order valence-corrected chi connectivity index (χ1v) is 5.91. The topological polar surface area (TPSA) is 88.1 Å². The van der Waals surface area contributed by atoms with E-state index >= 15 is 0 Å². The molecule has 0 aromatic carbocycles. The monoisotopic (exact) mass is 263 g/mol. The van der Waals surface area contributed by atoms with E-state index in [1.807, 2.05) is 13.8 Å². The van der Waals surface area contributed by atoms with Gasteiger partial charge < -0.3 is 14.4 Å². The van der Waals surface area contributed by atoms with Crippen LogP contribution in [0.2, 0.25) is 0 Å². The molecule has 0 fully saturated rings. The molecule has 1 heterocycles. The van der Waals surface area contributed by atoms with Gasteiger partial charge in [0.05, 0.1) is 18.2 Å². The molecule has 1 rings (SSSR count). The number of aliphatic hydroxyl groups is 1. The summed E-state index contributed by atoms with van der Waals surface area (Å²) in [5.74, 6) is -0.915. The maximum absolute atomic E-state index is 12.0. The minimum Gasteiger partial charge on any atom is -0.463 e. The van der Waals surface area contributed by atoms with Crippen molar-refractivity contribution >= 4 is 5.97 Å². The van der Waals surface area contributed by atoms with Gasteiger partial charge in [0, 0.05) is 18.4 Å². The van der Waals surface area contributed by atoms with E-state index in [1.54, 1.807) is 23.8 Å². The van der Waals surface area contributed by atoms with Crippen LogP contribution in [-0.4, -0.2) is 27.2 Å². The molecule has 0 aliphatic heterocycles. The molecule has 1 aromatic rings. The number of carbonyl (C=O) groups is 1. The summed E-state index contributed by atoms with van der Waals surface area (Å²) in [6.45, 7) is 8.87. The number of imidazole rings is 1. The molecule has 19 heavy (non-hydrogen) atoms. The van der Waals surface area contributed by atoms with Crippen molar-refractivity contribution in [1.29, 1.82) is 5.26 Å². The average Bonchev–Trinajstić information content (AvgIpc) is 2.86. The molecule has 1 atom stereocenters. The van der Waals surface area contributed by atoms with E-state index in [0.717, 1.165) is 0 Å². The molecule has 0 spiro atoms. The van der Waals surface area contributed by atoms with Crippen LogP contribution in [0, 0.1) is 11.3 Å². The first-order valence-electron chi connectivity index (χ1n) is 5.91. The second-order valence-electron chi connectivity index (χ2n) is 4.27. The zero-order valence-electron chi connectivity index (χ0n) is 11.3. The van der Waals surface area contributed by atoms with Gasteiger partial charge in [0.2, 0.25) is 0 Å². The number of hydrogen-bond acceptors (Lipinski definition) is 5. The fourth-order valence-electron chi connectivity index (χ4n) is 1.68. The highest BCUT2D eigenvalue weighted by Crippen LogP contribution is 2.30. The maximum atomic E-state index is 12.0. The molecule has 0 saturated carbocycles. The van der Waals surface area contributed by atoms with Crippen molar-refractivity contribution in [2.45, 2.75) is 32.4 Å². The Bertz CT molecular complexity index is 527. The van der Waals surface area contributed by atoms with Gasteiger partial charge in [-0.25, -0.2) is 9.78 Å². The Balaban J connectivity index is 3.40. The number of carbonyl (C=O) groups excluding carboxylic acids is 1. The molecular formula is C13H17N3O3. The summed E-state index contributed by atoms with van der Waals surface area (Å²) in [5, 5.41) is 19.6. The quantitative estimate of drug-likeness (QED) is 0.639. The Labute approximate surface area is 111 Å². The van der Waals surface area contributed by atoms with Crippen molar-refractivity contribution in [2.75, 3.05) is 6.61 Å². The van der Waals surface area contributed by atoms with Gasteiger partial charge >= 0.3 is 5.97 Å². The molecular weight excluding hydrogens is 246 g/mol. The van der Waals surface area contributed by atoms with Crippen molar-refractivity contribution in [3.8, 4) is 6.07 Å². The van der Waals surface area contributed by atoms with E-state index in [2.05, 4.69) is 11.6 Å². The molecule has 0 saturated heterocycles. The first-order chi connectivity index (χ1) is 8.89. The molecule has 0 aliphatic carbocycles. The molecule has 0 bridgehead atoms. The molecule has 1 N–H and O–H groups in total. The van der Waals surface area contributed by atoms with E-state index < -0.39 is 11.6 Å². The number of rotatable bonds is 5. The summed E-state index contributed by atoms with van der Waals surface area (Å²) in [6, 6.07) is 1.66. The largest absolute Gasteiger partial charge is 0.463 e. The predicted octanol–water partition coefficient (Wildman–Crippen LogP) is 1.29. The molecule has 0 amide bonds. The minimum absolute atomic E-state index is 0.0347. The maximum Gasteiger partial charge on any atom is 0.351 e. The first kappa shape index (κ1) is 14.9. The molecule has 1 unspecified atom stereocenters. The van der Waals surface area contributed by atoms with E-state index in [-0.39, 0.29) is 24.0 Å². The van der Waals surface area contributed by atoms with Crippen molar-refractivity contribution in [1.82, 2.24) is 9.55 Å². The Hall–Kier alpha value is -2.13. The Morgan fingerprint density at radius 2 is 2.37 bits per heavy atom. The molecule has 6 nitrogen and oxygen atoms in total. The zero-order valence-corrected chi connectivity index (χ0v) is 11.3. The van der Waals surface area contributed by atoms with Gasteiger partial charge in [-0.15, -0.1) is 0 Å². The number of ether oxygens (including phenoxy) is 1. The van der Waals surface area contributed by atoms with Crippen LogP contribution >= 0.6 is 0 Å². The SMILES string of the molecule is C=C(C#N)C(O)(C(=O)OCC)c1nccn1C(C)C. The lowest BCUT2D eigenvalue weighted by Gasteiger charge is -2.26. The number of esters is 1. The fourth-order valence-corrected chi connectivity index (χ4v) is 1.68.